The van der Waals surface area contributed by atoms with Gasteiger partial charge in [0.2, 0.25) is 0 Å². The first-order valence-electron chi connectivity index (χ1n) is 6.62. The molecule has 0 saturated carbocycles. The highest BCUT2D eigenvalue weighted by molar-refractivity contribution is 5.96. The molecule has 0 radical (unpaired) electrons. The number of aromatic nitrogens is 1. The molecule has 3 nitrogen and oxygen atoms in total. The van der Waals surface area contributed by atoms with E-state index < -0.39 is 17.4 Å². The normalized spacial score (nSPS) is 10.9. The van der Waals surface area contributed by atoms with E-state index in [0.29, 0.717) is 13.1 Å². The van der Waals surface area contributed by atoms with Gasteiger partial charge in [0.15, 0.2) is 17.4 Å². The highest BCUT2D eigenvalue weighted by atomic mass is 19.2. The van der Waals surface area contributed by atoms with E-state index in [1.807, 2.05) is 24.1 Å². The number of hydrogen-bond donors (Lipinski definition) is 0. The number of rotatable bonds is 6. The number of pyridine rings is 1. The number of hydrogen-bond acceptors (Lipinski definition) is 3. The second-order valence-corrected chi connectivity index (χ2v) is 4.87. The van der Waals surface area contributed by atoms with Gasteiger partial charge in [-0.15, -0.1) is 0 Å². The van der Waals surface area contributed by atoms with Crippen molar-refractivity contribution in [2.75, 3.05) is 13.6 Å². The number of benzene rings is 1. The Morgan fingerprint density at radius 3 is 2.76 bits per heavy atom. The Balaban J connectivity index is 1.90. The van der Waals surface area contributed by atoms with Gasteiger partial charge in [-0.25, -0.2) is 8.78 Å². The van der Waals surface area contributed by atoms with Crippen LogP contribution in [0.4, 0.5) is 8.78 Å². The molecule has 1 aromatic heterocycles. The lowest BCUT2D eigenvalue weighted by atomic mass is 10.1. The van der Waals surface area contributed by atoms with Crippen molar-refractivity contribution in [2.45, 2.75) is 13.0 Å². The van der Waals surface area contributed by atoms with Crippen LogP contribution >= 0.6 is 0 Å². The van der Waals surface area contributed by atoms with Crippen LogP contribution in [0.15, 0.2) is 42.7 Å². The number of halogens is 2. The molecule has 1 heterocycles. The molecule has 2 rings (SSSR count). The molecule has 5 heteroatoms. The van der Waals surface area contributed by atoms with Crippen molar-refractivity contribution in [3.05, 3.63) is 65.5 Å². The monoisotopic (exact) mass is 290 g/mol. The van der Waals surface area contributed by atoms with Gasteiger partial charge in [0.1, 0.15) is 0 Å². The van der Waals surface area contributed by atoms with Crippen LogP contribution in [-0.4, -0.2) is 29.3 Å². The highest BCUT2D eigenvalue weighted by Gasteiger charge is 2.15. The molecule has 2 aromatic rings. The second kappa shape index (κ2) is 7.04. The Bertz CT molecular complexity index is 617. The van der Waals surface area contributed by atoms with Crippen molar-refractivity contribution in [2.24, 2.45) is 0 Å². The van der Waals surface area contributed by atoms with Crippen LogP contribution < -0.4 is 0 Å². The number of ketones is 1. The smallest absolute Gasteiger partial charge is 0.169 e. The van der Waals surface area contributed by atoms with E-state index in [0.717, 1.165) is 11.6 Å². The van der Waals surface area contributed by atoms with Crippen LogP contribution in [0.3, 0.4) is 0 Å². The minimum absolute atomic E-state index is 0.136. The molecule has 0 aliphatic rings. The maximum atomic E-state index is 13.5. The Labute approximate surface area is 122 Å². The van der Waals surface area contributed by atoms with Gasteiger partial charge in [0.25, 0.3) is 0 Å². The summed E-state index contributed by atoms with van der Waals surface area (Å²) < 4.78 is 26.6. The number of carbonyl (C=O) groups excluding carboxylic acids is 1. The van der Waals surface area contributed by atoms with E-state index in [1.165, 1.54) is 12.1 Å². The molecular weight excluding hydrogens is 274 g/mol. The molecule has 0 atom stereocenters. The summed E-state index contributed by atoms with van der Waals surface area (Å²) in [5, 5.41) is 0. The summed E-state index contributed by atoms with van der Waals surface area (Å²) in [5.41, 5.74) is 0.842. The number of Topliss-reactive ketones (excluding diaryl/α,β-unsaturated/α-hetero) is 1. The molecule has 1 aromatic carbocycles. The fourth-order valence-corrected chi connectivity index (χ4v) is 2.03. The minimum Gasteiger partial charge on any atom is -0.302 e. The average molecular weight is 290 g/mol. The summed E-state index contributed by atoms with van der Waals surface area (Å²) in [7, 11) is 1.86. The van der Waals surface area contributed by atoms with Crippen molar-refractivity contribution in [3.8, 4) is 0 Å². The van der Waals surface area contributed by atoms with Crippen molar-refractivity contribution in [1.82, 2.24) is 9.88 Å². The van der Waals surface area contributed by atoms with Crippen LogP contribution in [0.25, 0.3) is 0 Å². The Kier molecular flexibility index (Phi) is 5.11. The Hall–Kier alpha value is -2.14. The standard InChI is InChI=1S/C16H16F2N2O/c1-20(11-12-4-3-8-19-10-12)9-7-15(21)13-5-2-6-14(17)16(13)18/h2-6,8,10H,7,9,11H2,1H3. The molecular formula is C16H16F2N2O. The fraction of sp³-hybridized carbons (Fsp3) is 0.250. The van der Waals surface area contributed by atoms with E-state index in [4.69, 9.17) is 0 Å². The fourth-order valence-electron chi connectivity index (χ4n) is 2.03. The summed E-state index contributed by atoms with van der Waals surface area (Å²) in [6, 6.07) is 7.43. The zero-order valence-electron chi connectivity index (χ0n) is 11.7. The van der Waals surface area contributed by atoms with Crippen molar-refractivity contribution in [1.29, 1.82) is 0 Å². The van der Waals surface area contributed by atoms with Crippen molar-refractivity contribution < 1.29 is 13.6 Å². The van der Waals surface area contributed by atoms with Crippen LogP contribution in [0.5, 0.6) is 0 Å². The van der Waals surface area contributed by atoms with E-state index in [2.05, 4.69) is 4.98 Å². The summed E-state index contributed by atoms with van der Waals surface area (Å²) in [5.74, 6) is -2.47. The van der Waals surface area contributed by atoms with E-state index in [-0.39, 0.29) is 12.0 Å². The lowest BCUT2D eigenvalue weighted by molar-refractivity contribution is 0.0963. The third-order valence-electron chi connectivity index (χ3n) is 3.15. The Morgan fingerprint density at radius 2 is 2.05 bits per heavy atom. The summed E-state index contributed by atoms with van der Waals surface area (Å²) in [6.45, 7) is 1.11. The Morgan fingerprint density at radius 1 is 1.24 bits per heavy atom. The summed E-state index contributed by atoms with van der Waals surface area (Å²) in [6.07, 6.45) is 3.58. The molecule has 0 aliphatic heterocycles. The third-order valence-corrected chi connectivity index (χ3v) is 3.15. The topological polar surface area (TPSA) is 33.2 Å². The SMILES string of the molecule is CN(CCC(=O)c1cccc(F)c1F)Cc1cccnc1. The zero-order chi connectivity index (χ0) is 15.2. The zero-order valence-corrected chi connectivity index (χ0v) is 11.7. The van der Waals surface area contributed by atoms with Gasteiger partial charge >= 0.3 is 0 Å². The minimum atomic E-state index is -1.07. The maximum Gasteiger partial charge on any atom is 0.169 e. The number of carbonyl (C=O) groups is 1. The molecule has 0 N–H and O–H groups in total. The molecule has 0 aliphatic carbocycles. The first kappa shape index (κ1) is 15.3. The van der Waals surface area contributed by atoms with Gasteiger partial charge in [-0.3, -0.25) is 9.78 Å². The molecule has 0 amide bonds. The first-order chi connectivity index (χ1) is 10.1. The predicted molar refractivity (Wildman–Crippen MR) is 75.9 cm³/mol. The van der Waals surface area contributed by atoms with Gasteiger partial charge in [-0.2, -0.15) is 0 Å². The second-order valence-electron chi connectivity index (χ2n) is 4.87. The van der Waals surface area contributed by atoms with Crippen LogP contribution in [-0.2, 0) is 6.54 Å². The molecule has 0 bridgehead atoms. The molecule has 0 unspecified atom stereocenters. The molecule has 0 spiro atoms. The van der Waals surface area contributed by atoms with Crippen molar-refractivity contribution >= 4 is 5.78 Å². The summed E-state index contributed by atoms with van der Waals surface area (Å²) >= 11 is 0. The summed E-state index contributed by atoms with van der Waals surface area (Å²) in [4.78, 5) is 17.9. The van der Waals surface area contributed by atoms with Gasteiger partial charge in [-0.1, -0.05) is 12.1 Å². The van der Waals surface area contributed by atoms with Crippen LogP contribution in [0, 0.1) is 11.6 Å². The number of nitrogens with zero attached hydrogens (tertiary/aromatic N) is 2. The molecule has 110 valence electrons. The maximum absolute atomic E-state index is 13.5. The van der Waals surface area contributed by atoms with Crippen LogP contribution in [0.2, 0.25) is 0 Å². The molecule has 0 saturated heterocycles. The van der Waals surface area contributed by atoms with E-state index >= 15 is 0 Å². The lowest BCUT2D eigenvalue weighted by Crippen LogP contribution is -2.22. The van der Waals surface area contributed by atoms with Gasteiger partial charge in [0, 0.05) is 31.9 Å². The lowest BCUT2D eigenvalue weighted by Gasteiger charge is -2.16. The van der Waals surface area contributed by atoms with Gasteiger partial charge in [-0.05, 0) is 30.8 Å². The van der Waals surface area contributed by atoms with E-state index in [1.54, 1.807) is 12.4 Å². The van der Waals surface area contributed by atoms with E-state index in [9.17, 15) is 13.6 Å². The average Bonchev–Trinajstić information content (AvgIpc) is 2.48. The van der Waals surface area contributed by atoms with Crippen molar-refractivity contribution in [3.63, 3.8) is 0 Å². The molecule has 0 fully saturated rings. The highest BCUT2D eigenvalue weighted by Crippen LogP contribution is 2.13. The largest absolute Gasteiger partial charge is 0.302 e. The molecule has 21 heavy (non-hydrogen) atoms. The predicted octanol–water partition coefficient (Wildman–Crippen LogP) is 3.06. The quantitative estimate of drug-likeness (QED) is 0.767. The van der Waals surface area contributed by atoms with Gasteiger partial charge in [0.05, 0.1) is 5.56 Å². The third kappa shape index (κ3) is 4.16. The van der Waals surface area contributed by atoms with Crippen LogP contribution in [0.1, 0.15) is 22.3 Å². The first-order valence-corrected chi connectivity index (χ1v) is 6.62. The van der Waals surface area contributed by atoms with Gasteiger partial charge < -0.3 is 4.90 Å².